The number of hydrogen-bond acceptors (Lipinski definition) is 2. The molecule has 0 bridgehead atoms. The van der Waals surface area contributed by atoms with Gasteiger partial charge in [0.15, 0.2) is 0 Å². The molecular weight excluding hydrogens is 233 g/mol. The monoisotopic (exact) mass is 247 g/mol. The van der Waals surface area contributed by atoms with Gasteiger partial charge in [0.2, 0.25) is 0 Å². The summed E-state index contributed by atoms with van der Waals surface area (Å²) in [7, 11) is 3.67. The van der Waals surface area contributed by atoms with Gasteiger partial charge in [-0.25, -0.2) is 0 Å². The summed E-state index contributed by atoms with van der Waals surface area (Å²) < 4.78 is 5.01. The van der Waals surface area contributed by atoms with Crippen LogP contribution in [0.15, 0.2) is 18.2 Å². The molecule has 1 aromatic carbocycles. The van der Waals surface area contributed by atoms with Gasteiger partial charge in [0, 0.05) is 26.6 Å². The molecule has 0 aromatic heterocycles. The Balaban J connectivity index is 2.76. The third-order valence-electron chi connectivity index (χ3n) is 2.21. The zero-order chi connectivity index (χ0) is 11.3. The van der Waals surface area contributed by atoms with Gasteiger partial charge in [0.1, 0.15) is 0 Å². The molecule has 0 atom stereocenters. The maximum atomic E-state index is 6.14. The second-order valence-corrected chi connectivity index (χ2v) is 4.01. The summed E-state index contributed by atoms with van der Waals surface area (Å²) in [6.07, 6.45) is 0. The number of hydrogen-bond donors (Lipinski definition) is 0. The van der Waals surface area contributed by atoms with Crippen LogP contribution in [0.3, 0.4) is 0 Å². The number of methoxy groups -OCH3 is 1. The van der Waals surface area contributed by atoms with E-state index in [0.717, 1.165) is 22.8 Å². The van der Waals surface area contributed by atoms with Crippen molar-refractivity contribution in [2.45, 2.75) is 5.88 Å². The minimum Gasteiger partial charge on any atom is -0.383 e. The number of halogens is 2. The highest BCUT2D eigenvalue weighted by atomic mass is 35.5. The van der Waals surface area contributed by atoms with Crippen LogP contribution < -0.4 is 4.90 Å². The Bertz CT molecular complexity index is 317. The zero-order valence-corrected chi connectivity index (χ0v) is 10.5. The van der Waals surface area contributed by atoms with E-state index < -0.39 is 0 Å². The quantitative estimate of drug-likeness (QED) is 0.742. The number of rotatable bonds is 5. The van der Waals surface area contributed by atoms with Crippen LogP contribution in [0.2, 0.25) is 5.02 Å². The second-order valence-electron chi connectivity index (χ2n) is 3.33. The minimum absolute atomic E-state index is 0.488. The average Bonchev–Trinajstić information content (AvgIpc) is 2.25. The van der Waals surface area contributed by atoms with E-state index in [9.17, 15) is 0 Å². The fourth-order valence-corrected chi connectivity index (χ4v) is 1.81. The van der Waals surface area contributed by atoms with E-state index in [2.05, 4.69) is 4.90 Å². The first-order valence-electron chi connectivity index (χ1n) is 4.73. The lowest BCUT2D eigenvalue weighted by Gasteiger charge is -2.20. The minimum atomic E-state index is 0.488. The maximum Gasteiger partial charge on any atom is 0.0642 e. The van der Waals surface area contributed by atoms with Crippen LogP contribution in [0.5, 0.6) is 0 Å². The number of benzene rings is 1. The summed E-state index contributed by atoms with van der Waals surface area (Å²) in [6.45, 7) is 1.50. The third-order valence-corrected chi connectivity index (χ3v) is 2.82. The molecule has 0 spiro atoms. The molecule has 84 valence electrons. The Hall–Kier alpha value is -0.440. The van der Waals surface area contributed by atoms with Gasteiger partial charge in [-0.3, -0.25) is 0 Å². The van der Waals surface area contributed by atoms with Crippen molar-refractivity contribution < 1.29 is 4.74 Å². The third kappa shape index (κ3) is 3.56. The Kier molecular flexibility index (Phi) is 5.23. The van der Waals surface area contributed by atoms with Crippen LogP contribution in [0, 0.1) is 0 Å². The van der Waals surface area contributed by atoms with Gasteiger partial charge in [-0.2, -0.15) is 0 Å². The summed E-state index contributed by atoms with van der Waals surface area (Å²) in [5.41, 5.74) is 2.04. The van der Waals surface area contributed by atoms with E-state index in [1.165, 1.54) is 0 Å². The Morgan fingerprint density at radius 2 is 2.13 bits per heavy atom. The Labute approximate surface area is 101 Å². The molecule has 0 unspecified atom stereocenters. The molecule has 0 amide bonds. The number of likely N-dealkylation sites (N-methyl/N-ethyl adjacent to an activating group) is 1. The first-order chi connectivity index (χ1) is 7.19. The molecule has 0 radical (unpaired) electrons. The van der Waals surface area contributed by atoms with Gasteiger partial charge in [-0.05, 0) is 17.7 Å². The lowest BCUT2D eigenvalue weighted by Crippen LogP contribution is -2.22. The fourth-order valence-electron chi connectivity index (χ4n) is 1.29. The molecule has 2 nitrogen and oxygen atoms in total. The Morgan fingerprint density at radius 1 is 1.40 bits per heavy atom. The summed E-state index contributed by atoms with van der Waals surface area (Å²) in [6, 6.07) is 5.86. The van der Waals surface area contributed by atoms with Crippen LogP contribution >= 0.6 is 23.2 Å². The topological polar surface area (TPSA) is 12.5 Å². The van der Waals surface area contributed by atoms with Gasteiger partial charge in [-0.15, -0.1) is 11.6 Å². The predicted octanol–water partition coefficient (Wildman–Crippen LogP) is 3.16. The SMILES string of the molecule is COCCN(C)c1ccc(CCl)cc1Cl. The molecule has 0 aliphatic heterocycles. The van der Waals surface area contributed by atoms with Gasteiger partial charge >= 0.3 is 0 Å². The van der Waals surface area contributed by atoms with Crippen molar-refractivity contribution in [3.05, 3.63) is 28.8 Å². The van der Waals surface area contributed by atoms with Crippen LogP contribution in [0.1, 0.15) is 5.56 Å². The molecule has 0 N–H and O–H groups in total. The van der Waals surface area contributed by atoms with Crippen LogP contribution in [-0.2, 0) is 10.6 Å². The van der Waals surface area contributed by atoms with E-state index in [4.69, 9.17) is 27.9 Å². The second kappa shape index (κ2) is 6.21. The normalized spacial score (nSPS) is 10.4. The predicted molar refractivity (Wildman–Crippen MR) is 66.2 cm³/mol. The summed E-state index contributed by atoms with van der Waals surface area (Å²) in [5, 5.41) is 0.728. The highest BCUT2D eigenvalue weighted by Gasteiger charge is 2.06. The van der Waals surface area contributed by atoms with Crippen molar-refractivity contribution >= 4 is 28.9 Å². The van der Waals surface area contributed by atoms with Crippen molar-refractivity contribution in [3.8, 4) is 0 Å². The van der Waals surface area contributed by atoms with Crippen LogP contribution in [0.4, 0.5) is 5.69 Å². The van der Waals surface area contributed by atoms with E-state index in [-0.39, 0.29) is 0 Å². The number of anilines is 1. The average molecular weight is 248 g/mol. The number of nitrogens with zero attached hydrogens (tertiary/aromatic N) is 1. The van der Waals surface area contributed by atoms with Gasteiger partial charge in [0.05, 0.1) is 17.3 Å². The number of ether oxygens (including phenoxy) is 1. The van der Waals surface area contributed by atoms with E-state index in [0.29, 0.717) is 12.5 Å². The highest BCUT2D eigenvalue weighted by molar-refractivity contribution is 6.33. The van der Waals surface area contributed by atoms with Crippen LogP contribution in [-0.4, -0.2) is 27.3 Å². The molecule has 0 aliphatic carbocycles. The van der Waals surface area contributed by atoms with E-state index >= 15 is 0 Å². The van der Waals surface area contributed by atoms with Crippen molar-refractivity contribution in [2.75, 3.05) is 32.2 Å². The van der Waals surface area contributed by atoms with Crippen molar-refractivity contribution in [3.63, 3.8) is 0 Å². The molecule has 0 saturated heterocycles. The van der Waals surface area contributed by atoms with Crippen molar-refractivity contribution in [1.29, 1.82) is 0 Å². The standard InChI is InChI=1S/C11H15Cl2NO/c1-14(5-6-15-2)11-4-3-9(8-12)7-10(11)13/h3-4,7H,5-6,8H2,1-2H3. The molecule has 0 saturated carbocycles. The lowest BCUT2D eigenvalue weighted by atomic mass is 10.2. The molecule has 0 heterocycles. The van der Waals surface area contributed by atoms with Gasteiger partial charge in [-0.1, -0.05) is 17.7 Å². The van der Waals surface area contributed by atoms with Gasteiger partial charge < -0.3 is 9.64 Å². The maximum absolute atomic E-state index is 6.14. The zero-order valence-electron chi connectivity index (χ0n) is 8.96. The summed E-state index contributed by atoms with van der Waals surface area (Å²) in [4.78, 5) is 2.06. The lowest BCUT2D eigenvalue weighted by molar-refractivity contribution is 0.206. The van der Waals surface area contributed by atoms with Crippen molar-refractivity contribution in [1.82, 2.24) is 0 Å². The number of alkyl halides is 1. The highest BCUT2D eigenvalue weighted by Crippen LogP contribution is 2.26. The summed E-state index contributed by atoms with van der Waals surface area (Å²) in [5.74, 6) is 0.488. The van der Waals surface area contributed by atoms with E-state index in [1.807, 2.05) is 25.2 Å². The van der Waals surface area contributed by atoms with Crippen LogP contribution in [0.25, 0.3) is 0 Å². The largest absolute Gasteiger partial charge is 0.383 e. The first-order valence-corrected chi connectivity index (χ1v) is 5.64. The molecule has 1 aromatic rings. The molecular formula is C11H15Cl2NO. The van der Waals surface area contributed by atoms with E-state index in [1.54, 1.807) is 7.11 Å². The molecule has 0 aliphatic rings. The molecule has 0 fully saturated rings. The molecule has 1 rings (SSSR count). The van der Waals surface area contributed by atoms with Gasteiger partial charge in [0.25, 0.3) is 0 Å². The molecule has 4 heteroatoms. The Morgan fingerprint density at radius 3 is 2.67 bits per heavy atom. The smallest absolute Gasteiger partial charge is 0.0642 e. The fraction of sp³-hybridized carbons (Fsp3) is 0.455. The van der Waals surface area contributed by atoms with Crippen molar-refractivity contribution in [2.24, 2.45) is 0 Å². The summed E-state index contributed by atoms with van der Waals surface area (Å²) >= 11 is 11.9. The molecule has 15 heavy (non-hydrogen) atoms. The first kappa shape index (κ1) is 12.6.